The maximum absolute atomic E-state index is 12.8. The molecule has 0 unspecified atom stereocenters. The van der Waals surface area contributed by atoms with Crippen LogP contribution in [0.25, 0.3) is 0 Å². The molecule has 1 nitrogen and oxygen atoms in total. The van der Waals surface area contributed by atoms with E-state index < -0.39 is 24.1 Å². The highest BCUT2D eigenvalue weighted by molar-refractivity contribution is 5.02. The van der Waals surface area contributed by atoms with Gasteiger partial charge in [-0.3, -0.25) is 4.74 Å². The number of halogens is 4. The first kappa shape index (κ1) is 8.99. The summed E-state index contributed by atoms with van der Waals surface area (Å²) in [6, 6.07) is 0. The minimum Gasteiger partial charge on any atom is -0.255 e. The molecule has 0 aromatic carbocycles. The minimum atomic E-state index is -3.68. The summed E-state index contributed by atoms with van der Waals surface area (Å²) < 4.78 is 54.8. The number of hydrogen-bond acceptors (Lipinski definition) is 1. The lowest BCUT2D eigenvalue weighted by Gasteiger charge is -2.22. The predicted octanol–water partition coefficient (Wildman–Crippen LogP) is 2.78. The third-order valence-electron chi connectivity index (χ3n) is 2.57. The van der Waals surface area contributed by atoms with Gasteiger partial charge in [-0.15, -0.1) is 0 Å². The third-order valence-corrected chi connectivity index (χ3v) is 2.57. The Morgan fingerprint density at radius 3 is 1.69 bits per heavy atom. The summed E-state index contributed by atoms with van der Waals surface area (Å²) >= 11 is 0. The van der Waals surface area contributed by atoms with E-state index in [0.29, 0.717) is 0 Å². The van der Waals surface area contributed by atoms with Gasteiger partial charge in [-0.1, -0.05) is 12.2 Å². The standard InChI is InChI=1S/C8H8F4O/c9-7(10)5-3-1-2-4-6(5)8(11,12)13-7/h1-2,5-6H,3-4H2/t5-,6+. The Balaban J connectivity index is 2.31. The molecule has 1 fully saturated rings. The Hall–Kier alpha value is -0.580. The van der Waals surface area contributed by atoms with Crippen LogP contribution in [-0.4, -0.2) is 12.2 Å². The van der Waals surface area contributed by atoms with E-state index in [1.807, 2.05) is 0 Å². The second-order valence-electron chi connectivity index (χ2n) is 3.38. The molecule has 1 aliphatic heterocycles. The fraction of sp³-hybridized carbons (Fsp3) is 0.750. The molecule has 5 heteroatoms. The van der Waals surface area contributed by atoms with Gasteiger partial charge in [-0.25, -0.2) is 0 Å². The van der Waals surface area contributed by atoms with Crippen LogP contribution in [0.5, 0.6) is 0 Å². The van der Waals surface area contributed by atoms with Gasteiger partial charge in [0.15, 0.2) is 0 Å². The van der Waals surface area contributed by atoms with Crippen LogP contribution in [0.1, 0.15) is 12.8 Å². The molecule has 2 rings (SSSR count). The van der Waals surface area contributed by atoms with Crippen LogP contribution >= 0.6 is 0 Å². The average molecular weight is 196 g/mol. The maximum Gasteiger partial charge on any atom is 0.363 e. The van der Waals surface area contributed by atoms with E-state index in [4.69, 9.17) is 0 Å². The van der Waals surface area contributed by atoms with Crippen molar-refractivity contribution in [2.24, 2.45) is 11.8 Å². The Morgan fingerprint density at radius 1 is 0.923 bits per heavy atom. The van der Waals surface area contributed by atoms with Crippen LogP contribution in [0.2, 0.25) is 0 Å². The topological polar surface area (TPSA) is 9.23 Å². The molecule has 2 aliphatic rings. The van der Waals surface area contributed by atoms with Crippen molar-refractivity contribution in [2.45, 2.75) is 25.1 Å². The second kappa shape index (κ2) is 2.47. The summed E-state index contributed by atoms with van der Waals surface area (Å²) in [4.78, 5) is 0. The number of hydrogen-bond donors (Lipinski definition) is 0. The molecule has 0 spiro atoms. The normalized spacial score (nSPS) is 40.3. The first-order valence-corrected chi connectivity index (χ1v) is 4.04. The molecule has 13 heavy (non-hydrogen) atoms. The SMILES string of the molecule is FC1(F)OC(F)(F)[C@H]2CC=CC[C@H]21. The second-order valence-corrected chi connectivity index (χ2v) is 3.38. The molecular formula is C8H8F4O. The Kier molecular flexibility index (Phi) is 1.71. The van der Waals surface area contributed by atoms with E-state index in [2.05, 4.69) is 4.74 Å². The van der Waals surface area contributed by atoms with Crippen molar-refractivity contribution >= 4 is 0 Å². The monoisotopic (exact) mass is 196 g/mol. The average Bonchev–Trinajstić information content (AvgIpc) is 2.20. The summed E-state index contributed by atoms with van der Waals surface area (Å²) in [5.41, 5.74) is 0. The van der Waals surface area contributed by atoms with Gasteiger partial charge in [0.2, 0.25) is 0 Å². The van der Waals surface area contributed by atoms with Gasteiger partial charge in [0.1, 0.15) is 0 Å². The summed E-state index contributed by atoms with van der Waals surface area (Å²) in [5, 5.41) is 0. The molecule has 1 saturated heterocycles. The van der Waals surface area contributed by atoms with Gasteiger partial charge in [0.25, 0.3) is 0 Å². The van der Waals surface area contributed by atoms with E-state index in [9.17, 15) is 17.6 Å². The van der Waals surface area contributed by atoms with Crippen molar-refractivity contribution in [3.05, 3.63) is 12.2 Å². The molecule has 0 bridgehead atoms. The van der Waals surface area contributed by atoms with Crippen molar-refractivity contribution in [1.82, 2.24) is 0 Å². The largest absolute Gasteiger partial charge is 0.363 e. The molecule has 0 saturated carbocycles. The third kappa shape index (κ3) is 1.25. The smallest absolute Gasteiger partial charge is 0.255 e. The van der Waals surface area contributed by atoms with Gasteiger partial charge < -0.3 is 0 Å². The van der Waals surface area contributed by atoms with Gasteiger partial charge in [-0.2, -0.15) is 17.6 Å². The number of alkyl halides is 4. The first-order chi connectivity index (χ1) is 5.93. The molecule has 1 aliphatic carbocycles. The molecule has 1 heterocycles. The lowest BCUT2D eigenvalue weighted by molar-refractivity contribution is -0.341. The Labute approximate surface area is 72.4 Å². The summed E-state index contributed by atoms with van der Waals surface area (Å²) in [7, 11) is 0. The molecule has 0 aromatic rings. The molecular weight excluding hydrogens is 188 g/mol. The number of ether oxygens (including phenoxy) is 1. The van der Waals surface area contributed by atoms with E-state index >= 15 is 0 Å². The summed E-state index contributed by atoms with van der Waals surface area (Å²) in [6.45, 7) is 0. The van der Waals surface area contributed by atoms with Crippen molar-refractivity contribution < 1.29 is 22.3 Å². The van der Waals surface area contributed by atoms with E-state index in [0.717, 1.165) is 0 Å². The van der Waals surface area contributed by atoms with Crippen LogP contribution < -0.4 is 0 Å². The van der Waals surface area contributed by atoms with Crippen LogP contribution in [0.15, 0.2) is 12.2 Å². The maximum atomic E-state index is 12.8. The van der Waals surface area contributed by atoms with Crippen molar-refractivity contribution in [2.75, 3.05) is 0 Å². The number of rotatable bonds is 0. The van der Waals surface area contributed by atoms with Crippen LogP contribution in [0.4, 0.5) is 17.6 Å². The lowest BCUT2D eigenvalue weighted by Crippen LogP contribution is -2.28. The fourth-order valence-corrected chi connectivity index (χ4v) is 1.89. The molecule has 0 amide bonds. The molecule has 74 valence electrons. The molecule has 2 atom stereocenters. The van der Waals surface area contributed by atoms with Gasteiger partial charge in [-0.05, 0) is 12.8 Å². The summed E-state index contributed by atoms with van der Waals surface area (Å²) in [6.07, 6.45) is -4.43. The highest BCUT2D eigenvalue weighted by Crippen LogP contribution is 2.54. The number of fused-ring (bicyclic) bond motifs is 1. The van der Waals surface area contributed by atoms with Crippen molar-refractivity contribution in [3.8, 4) is 0 Å². The van der Waals surface area contributed by atoms with Crippen LogP contribution in [-0.2, 0) is 4.74 Å². The molecule has 0 aromatic heterocycles. The predicted molar refractivity (Wildman–Crippen MR) is 36.3 cm³/mol. The Bertz CT molecular complexity index is 225. The van der Waals surface area contributed by atoms with Crippen molar-refractivity contribution in [1.29, 1.82) is 0 Å². The minimum absolute atomic E-state index is 0.0345. The molecule has 0 N–H and O–H groups in total. The van der Waals surface area contributed by atoms with E-state index in [1.54, 1.807) is 0 Å². The van der Waals surface area contributed by atoms with Crippen molar-refractivity contribution in [3.63, 3.8) is 0 Å². The molecule has 0 radical (unpaired) electrons. The lowest BCUT2D eigenvalue weighted by atomic mass is 9.83. The first-order valence-electron chi connectivity index (χ1n) is 4.04. The van der Waals surface area contributed by atoms with Crippen LogP contribution in [0.3, 0.4) is 0 Å². The highest BCUT2D eigenvalue weighted by Gasteiger charge is 2.66. The zero-order valence-corrected chi connectivity index (χ0v) is 6.64. The zero-order valence-electron chi connectivity index (χ0n) is 6.64. The van der Waals surface area contributed by atoms with Gasteiger partial charge >= 0.3 is 12.2 Å². The van der Waals surface area contributed by atoms with Crippen LogP contribution in [0, 0.1) is 11.8 Å². The summed E-state index contributed by atoms with van der Waals surface area (Å²) in [5.74, 6) is -2.74. The number of allylic oxidation sites excluding steroid dienone is 2. The van der Waals surface area contributed by atoms with Gasteiger partial charge in [0, 0.05) is 0 Å². The van der Waals surface area contributed by atoms with E-state index in [-0.39, 0.29) is 12.8 Å². The quantitative estimate of drug-likeness (QED) is 0.427. The van der Waals surface area contributed by atoms with Gasteiger partial charge in [0.05, 0.1) is 11.8 Å². The highest BCUT2D eigenvalue weighted by atomic mass is 19.3. The Morgan fingerprint density at radius 2 is 1.31 bits per heavy atom. The van der Waals surface area contributed by atoms with E-state index in [1.165, 1.54) is 12.2 Å². The fourth-order valence-electron chi connectivity index (χ4n) is 1.89. The zero-order chi connectivity index (χ0) is 9.69.